The molecule has 2 fully saturated rings. The molecule has 24 heavy (non-hydrogen) atoms. The Bertz CT molecular complexity index is 660. The van der Waals surface area contributed by atoms with Crippen LogP contribution in [0.1, 0.15) is 32.6 Å². The maximum Gasteiger partial charge on any atom is 0.265 e. The molecule has 0 aromatic heterocycles. The summed E-state index contributed by atoms with van der Waals surface area (Å²) >= 11 is 0. The molecule has 1 aromatic carbocycles. The molecule has 2 aliphatic carbocycles. The topological polar surface area (TPSA) is 58.6 Å². The number of nitrogens with zero attached hydrogens (tertiary/aromatic N) is 1. The molecule has 1 heterocycles. The fourth-order valence-electron chi connectivity index (χ4n) is 4.78. The lowest BCUT2D eigenvalue weighted by atomic mass is 9.84. The highest BCUT2D eigenvalue weighted by molar-refractivity contribution is 6.02. The Balaban J connectivity index is 1.40. The fraction of sp³-hybridized carbons (Fsp3) is 0.579. The summed E-state index contributed by atoms with van der Waals surface area (Å²) in [6, 6.07) is 7.54. The minimum atomic E-state index is -0.170. The molecule has 1 aromatic rings. The molecule has 0 radical (unpaired) electrons. The van der Waals surface area contributed by atoms with Gasteiger partial charge in [-0.05, 0) is 56.1 Å². The Morgan fingerprint density at radius 3 is 2.92 bits per heavy atom. The lowest BCUT2D eigenvalue weighted by Crippen LogP contribution is -2.48. The van der Waals surface area contributed by atoms with E-state index < -0.39 is 0 Å². The molecule has 5 heteroatoms. The average Bonchev–Trinajstić information content (AvgIpc) is 3.20. The molecule has 2 amide bonds. The number of hydrogen-bond acceptors (Lipinski definition) is 3. The minimum Gasteiger partial charge on any atom is -0.482 e. The van der Waals surface area contributed by atoms with Crippen LogP contribution in [0, 0.1) is 17.8 Å². The molecule has 1 aliphatic heterocycles. The Morgan fingerprint density at radius 1 is 1.33 bits per heavy atom. The van der Waals surface area contributed by atoms with Crippen LogP contribution in [0.15, 0.2) is 24.3 Å². The molecule has 4 rings (SSSR count). The van der Waals surface area contributed by atoms with E-state index in [2.05, 4.69) is 12.2 Å². The third-order valence-electron chi connectivity index (χ3n) is 5.93. The van der Waals surface area contributed by atoms with E-state index in [9.17, 15) is 9.59 Å². The molecule has 0 saturated heterocycles. The Labute approximate surface area is 142 Å². The van der Waals surface area contributed by atoms with Crippen molar-refractivity contribution in [2.75, 3.05) is 18.1 Å². The van der Waals surface area contributed by atoms with Gasteiger partial charge in [-0.3, -0.25) is 14.5 Å². The molecule has 5 nitrogen and oxygen atoms in total. The van der Waals surface area contributed by atoms with Crippen LogP contribution in [0.4, 0.5) is 5.69 Å². The normalized spacial score (nSPS) is 29.1. The van der Waals surface area contributed by atoms with Crippen LogP contribution in [0.5, 0.6) is 5.75 Å². The number of para-hydroxylation sites is 2. The Hall–Kier alpha value is -2.04. The maximum atomic E-state index is 12.5. The van der Waals surface area contributed by atoms with Crippen molar-refractivity contribution >= 4 is 17.5 Å². The summed E-state index contributed by atoms with van der Waals surface area (Å²) in [4.78, 5) is 26.2. The molecule has 4 unspecified atom stereocenters. The van der Waals surface area contributed by atoms with Crippen LogP contribution < -0.4 is 15.0 Å². The van der Waals surface area contributed by atoms with E-state index in [-0.39, 0.29) is 31.0 Å². The van der Waals surface area contributed by atoms with Crippen LogP contribution >= 0.6 is 0 Å². The zero-order valence-corrected chi connectivity index (χ0v) is 14.0. The number of ether oxygens (including phenoxy) is 1. The summed E-state index contributed by atoms with van der Waals surface area (Å²) in [5.41, 5.74) is 0.677. The van der Waals surface area contributed by atoms with Crippen molar-refractivity contribution in [3.8, 4) is 5.75 Å². The predicted octanol–water partition coefficient (Wildman–Crippen LogP) is 2.35. The first-order chi connectivity index (χ1) is 11.6. The van der Waals surface area contributed by atoms with Crippen LogP contribution in [0.2, 0.25) is 0 Å². The quantitative estimate of drug-likeness (QED) is 0.923. The molecule has 0 spiro atoms. The van der Waals surface area contributed by atoms with Crippen molar-refractivity contribution in [2.45, 2.75) is 38.6 Å². The van der Waals surface area contributed by atoms with Crippen molar-refractivity contribution < 1.29 is 14.3 Å². The van der Waals surface area contributed by atoms with Crippen LogP contribution in [0.25, 0.3) is 0 Å². The molecule has 3 aliphatic rings. The largest absolute Gasteiger partial charge is 0.482 e. The van der Waals surface area contributed by atoms with Crippen LogP contribution in [-0.2, 0) is 9.59 Å². The second-order valence-corrected chi connectivity index (χ2v) is 7.43. The van der Waals surface area contributed by atoms with E-state index in [1.807, 2.05) is 24.3 Å². The smallest absolute Gasteiger partial charge is 0.265 e. The summed E-state index contributed by atoms with van der Waals surface area (Å²) < 4.78 is 5.42. The van der Waals surface area contributed by atoms with Gasteiger partial charge in [0, 0.05) is 6.04 Å². The van der Waals surface area contributed by atoms with Gasteiger partial charge in [-0.1, -0.05) is 18.6 Å². The average molecular weight is 328 g/mol. The fourth-order valence-corrected chi connectivity index (χ4v) is 4.78. The summed E-state index contributed by atoms with van der Waals surface area (Å²) in [6.45, 7) is 2.16. The van der Waals surface area contributed by atoms with E-state index >= 15 is 0 Å². The molecule has 2 saturated carbocycles. The predicted molar refractivity (Wildman–Crippen MR) is 90.8 cm³/mol. The Morgan fingerprint density at radius 2 is 2.17 bits per heavy atom. The van der Waals surface area contributed by atoms with Crippen LogP contribution in [-0.4, -0.2) is 31.0 Å². The number of nitrogens with one attached hydrogen (secondary N) is 1. The van der Waals surface area contributed by atoms with E-state index in [4.69, 9.17) is 4.74 Å². The number of carbonyl (C=O) groups excluding carboxylic acids is 2. The number of hydrogen-bond donors (Lipinski definition) is 1. The van der Waals surface area contributed by atoms with Gasteiger partial charge in [0.05, 0.1) is 5.69 Å². The van der Waals surface area contributed by atoms with Gasteiger partial charge in [0.25, 0.3) is 5.91 Å². The third-order valence-corrected chi connectivity index (χ3v) is 5.93. The SMILES string of the molecule is CC(NC(=O)CN1C(=O)COc2ccccc21)C1CC2CCC1C2. The van der Waals surface area contributed by atoms with Gasteiger partial charge in [0.1, 0.15) is 12.3 Å². The van der Waals surface area contributed by atoms with Crippen molar-refractivity contribution in [2.24, 2.45) is 17.8 Å². The highest BCUT2D eigenvalue weighted by Gasteiger charge is 2.42. The highest BCUT2D eigenvalue weighted by atomic mass is 16.5. The lowest BCUT2D eigenvalue weighted by Gasteiger charge is -2.31. The first-order valence-electron chi connectivity index (χ1n) is 8.93. The molecular weight excluding hydrogens is 304 g/mol. The summed E-state index contributed by atoms with van der Waals surface area (Å²) in [7, 11) is 0. The van der Waals surface area contributed by atoms with E-state index in [1.54, 1.807) is 0 Å². The summed E-state index contributed by atoms with van der Waals surface area (Å²) in [6.07, 6.45) is 5.25. The molecule has 4 atom stereocenters. The highest BCUT2D eigenvalue weighted by Crippen LogP contribution is 2.49. The van der Waals surface area contributed by atoms with Gasteiger partial charge >= 0.3 is 0 Å². The maximum absolute atomic E-state index is 12.5. The first-order valence-corrected chi connectivity index (χ1v) is 8.93. The van der Waals surface area contributed by atoms with Gasteiger partial charge in [-0.2, -0.15) is 0 Å². The summed E-state index contributed by atoms with van der Waals surface area (Å²) in [5.74, 6) is 2.64. The number of carbonyl (C=O) groups is 2. The van der Waals surface area contributed by atoms with Crippen molar-refractivity contribution in [3.63, 3.8) is 0 Å². The number of fused-ring (bicyclic) bond motifs is 3. The number of rotatable bonds is 4. The number of benzene rings is 1. The first kappa shape index (κ1) is 15.5. The van der Waals surface area contributed by atoms with Gasteiger partial charge in [0.15, 0.2) is 6.61 Å². The van der Waals surface area contributed by atoms with Crippen LogP contribution in [0.3, 0.4) is 0 Å². The molecule has 2 bridgehead atoms. The van der Waals surface area contributed by atoms with Crippen molar-refractivity contribution in [1.29, 1.82) is 0 Å². The van der Waals surface area contributed by atoms with E-state index in [0.717, 1.165) is 11.8 Å². The van der Waals surface area contributed by atoms with Gasteiger partial charge < -0.3 is 10.1 Å². The number of amides is 2. The monoisotopic (exact) mass is 328 g/mol. The van der Waals surface area contributed by atoms with E-state index in [0.29, 0.717) is 17.4 Å². The second-order valence-electron chi connectivity index (χ2n) is 7.43. The number of anilines is 1. The van der Waals surface area contributed by atoms with Gasteiger partial charge in [-0.25, -0.2) is 0 Å². The van der Waals surface area contributed by atoms with Crippen molar-refractivity contribution in [1.82, 2.24) is 5.32 Å². The Kier molecular flexibility index (Phi) is 3.94. The van der Waals surface area contributed by atoms with Crippen molar-refractivity contribution in [3.05, 3.63) is 24.3 Å². The zero-order valence-electron chi connectivity index (χ0n) is 14.0. The van der Waals surface area contributed by atoms with E-state index in [1.165, 1.54) is 30.6 Å². The molecule has 1 N–H and O–H groups in total. The third kappa shape index (κ3) is 2.76. The second kappa shape index (κ2) is 6.11. The molecular formula is C19H24N2O3. The minimum absolute atomic E-state index is 0.00771. The van der Waals surface area contributed by atoms with Gasteiger partial charge in [0.2, 0.25) is 5.91 Å². The molecule has 128 valence electrons. The van der Waals surface area contributed by atoms with Gasteiger partial charge in [-0.15, -0.1) is 0 Å². The lowest BCUT2D eigenvalue weighted by molar-refractivity contribution is -0.125. The standard InChI is InChI=1S/C19H24N2O3/c1-12(15-9-13-6-7-14(15)8-13)20-18(22)10-21-16-4-2-3-5-17(16)24-11-19(21)23/h2-5,12-15H,6-11H2,1H3,(H,20,22). The summed E-state index contributed by atoms with van der Waals surface area (Å²) in [5, 5.41) is 3.13. The zero-order chi connectivity index (χ0) is 16.7.